The highest BCUT2D eigenvalue weighted by Crippen LogP contribution is 2.37. The largest absolute Gasteiger partial charge is 0.388 e. The zero-order valence-electron chi connectivity index (χ0n) is 10.6. The van der Waals surface area contributed by atoms with Gasteiger partial charge in [-0.15, -0.1) is 0 Å². The van der Waals surface area contributed by atoms with Crippen LogP contribution in [0.4, 0.5) is 0 Å². The quantitative estimate of drug-likeness (QED) is 0.698. The molecule has 0 radical (unpaired) electrons. The van der Waals surface area contributed by atoms with Crippen LogP contribution in [-0.4, -0.2) is 11.2 Å². The molecule has 16 heavy (non-hydrogen) atoms. The molecule has 0 amide bonds. The van der Waals surface area contributed by atoms with Crippen LogP contribution in [0.1, 0.15) is 64.7 Å². The van der Waals surface area contributed by atoms with E-state index in [1.807, 2.05) is 0 Å². The zero-order chi connectivity index (χ0) is 11.4. The average molecular weight is 222 g/mol. The van der Waals surface area contributed by atoms with Gasteiger partial charge in [0.15, 0.2) is 0 Å². The molecule has 1 nitrogen and oxygen atoms in total. The van der Waals surface area contributed by atoms with E-state index in [1.165, 1.54) is 56.9 Å². The van der Waals surface area contributed by atoms with Gasteiger partial charge in [0.2, 0.25) is 0 Å². The highest BCUT2D eigenvalue weighted by Gasteiger charge is 2.31. The van der Waals surface area contributed by atoms with Crippen LogP contribution in [0.25, 0.3) is 0 Å². The van der Waals surface area contributed by atoms with Gasteiger partial charge in [-0.3, -0.25) is 0 Å². The summed E-state index contributed by atoms with van der Waals surface area (Å²) < 4.78 is 0. The Kier molecular flexibility index (Phi) is 4.45. The summed E-state index contributed by atoms with van der Waals surface area (Å²) in [6, 6.07) is 0. The number of aliphatic hydroxyl groups is 1. The normalized spacial score (nSPS) is 34.0. The number of hydrogen-bond donors (Lipinski definition) is 1. The van der Waals surface area contributed by atoms with Gasteiger partial charge in [0, 0.05) is 0 Å². The van der Waals surface area contributed by atoms with Crippen LogP contribution < -0.4 is 0 Å². The summed E-state index contributed by atoms with van der Waals surface area (Å²) in [4.78, 5) is 0. The van der Waals surface area contributed by atoms with Crippen LogP contribution in [0.2, 0.25) is 0 Å². The van der Waals surface area contributed by atoms with E-state index >= 15 is 0 Å². The van der Waals surface area contributed by atoms with Crippen molar-refractivity contribution in [2.45, 2.75) is 70.8 Å². The lowest BCUT2D eigenvalue weighted by molar-refractivity contribution is 0.117. The summed E-state index contributed by atoms with van der Waals surface area (Å²) in [5, 5.41) is 10.5. The summed E-state index contributed by atoms with van der Waals surface area (Å²) in [5.41, 5.74) is 1.36. The van der Waals surface area contributed by atoms with E-state index in [2.05, 4.69) is 13.0 Å². The van der Waals surface area contributed by atoms with Crippen molar-refractivity contribution in [2.75, 3.05) is 0 Å². The average Bonchev–Trinajstić information content (AvgIpc) is 2.63. The first-order chi connectivity index (χ1) is 7.79. The molecular weight excluding hydrogens is 196 g/mol. The predicted octanol–water partition coefficient (Wildman–Crippen LogP) is 4.06. The lowest BCUT2D eigenvalue weighted by atomic mass is 9.84. The van der Waals surface area contributed by atoms with Crippen molar-refractivity contribution in [3.63, 3.8) is 0 Å². The second-order valence-electron chi connectivity index (χ2n) is 5.75. The Bertz CT molecular complexity index is 244. The summed E-state index contributed by atoms with van der Waals surface area (Å²) in [6.45, 7) is 2.31. The van der Waals surface area contributed by atoms with E-state index < -0.39 is 0 Å². The summed E-state index contributed by atoms with van der Waals surface area (Å²) in [6.07, 6.45) is 13.7. The van der Waals surface area contributed by atoms with E-state index in [0.717, 1.165) is 12.3 Å². The molecule has 0 saturated heterocycles. The lowest BCUT2D eigenvalue weighted by Crippen LogP contribution is -2.25. The minimum atomic E-state index is -0.129. The molecular formula is C15H26O. The van der Waals surface area contributed by atoms with Gasteiger partial charge in [0.05, 0.1) is 6.10 Å². The van der Waals surface area contributed by atoms with Crippen LogP contribution in [-0.2, 0) is 0 Å². The number of aliphatic hydroxyl groups excluding tert-OH is 1. The fourth-order valence-corrected chi connectivity index (χ4v) is 3.40. The third-order valence-electron chi connectivity index (χ3n) is 4.54. The minimum Gasteiger partial charge on any atom is -0.388 e. The molecule has 0 aromatic heterocycles. The summed E-state index contributed by atoms with van der Waals surface area (Å²) >= 11 is 0. The van der Waals surface area contributed by atoms with Crippen LogP contribution >= 0.6 is 0 Å². The first kappa shape index (κ1) is 12.2. The molecule has 0 aromatic carbocycles. The molecule has 1 heteroatoms. The van der Waals surface area contributed by atoms with Gasteiger partial charge in [-0.25, -0.2) is 0 Å². The topological polar surface area (TPSA) is 20.2 Å². The molecule has 2 aliphatic rings. The maximum absolute atomic E-state index is 10.5. The number of hydrogen-bond acceptors (Lipinski definition) is 1. The van der Waals surface area contributed by atoms with Crippen molar-refractivity contribution in [2.24, 2.45) is 11.8 Å². The smallest absolute Gasteiger partial charge is 0.0780 e. The van der Waals surface area contributed by atoms with Crippen molar-refractivity contribution in [3.05, 3.63) is 11.6 Å². The maximum atomic E-state index is 10.5. The molecule has 1 saturated carbocycles. The Hall–Kier alpha value is -0.300. The van der Waals surface area contributed by atoms with Gasteiger partial charge < -0.3 is 5.11 Å². The van der Waals surface area contributed by atoms with Crippen molar-refractivity contribution in [1.82, 2.24) is 0 Å². The molecule has 92 valence electrons. The fourth-order valence-electron chi connectivity index (χ4n) is 3.40. The molecule has 0 spiro atoms. The monoisotopic (exact) mass is 222 g/mol. The molecule has 2 aliphatic carbocycles. The highest BCUT2D eigenvalue weighted by atomic mass is 16.3. The SMILES string of the molecule is CC1CCCC1C(O)C1=CCCCCCC1. The summed E-state index contributed by atoms with van der Waals surface area (Å²) in [5.74, 6) is 1.27. The predicted molar refractivity (Wildman–Crippen MR) is 68.3 cm³/mol. The Morgan fingerprint density at radius 1 is 1.12 bits per heavy atom. The molecule has 0 heterocycles. The van der Waals surface area contributed by atoms with E-state index in [4.69, 9.17) is 0 Å². The van der Waals surface area contributed by atoms with Crippen molar-refractivity contribution >= 4 is 0 Å². The minimum absolute atomic E-state index is 0.129. The third-order valence-corrected chi connectivity index (χ3v) is 4.54. The lowest BCUT2D eigenvalue weighted by Gasteiger charge is -2.25. The molecule has 3 atom stereocenters. The molecule has 2 rings (SSSR count). The molecule has 0 bridgehead atoms. The van der Waals surface area contributed by atoms with Crippen molar-refractivity contribution in [3.8, 4) is 0 Å². The van der Waals surface area contributed by atoms with E-state index in [9.17, 15) is 5.11 Å². The second-order valence-corrected chi connectivity index (χ2v) is 5.75. The maximum Gasteiger partial charge on any atom is 0.0780 e. The molecule has 0 aliphatic heterocycles. The Morgan fingerprint density at radius 2 is 1.94 bits per heavy atom. The van der Waals surface area contributed by atoms with Gasteiger partial charge in [-0.2, -0.15) is 0 Å². The van der Waals surface area contributed by atoms with Gasteiger partial charge in [0.25, 0.3) is 0 Å². The molecule has 0 aromatic rings. The highest BCUT2D eigenvalue weighted by molar-refractivity contribution is 5.11. The van der Waals surface area contributed by atoms with Gasteiger partial charge >= 0.3 is 0 Å². The second kappa shape index (κ2) is 5.86. The number of rotatable bonds is 2. The Labute approximate surface area is 99.9 Å². The molecule has 1 fully saturated rings. The van der Waals surface area contributed by atoms with Crippen LogP contribution in [0.5, 0.6) is 0 Å². The van der Waals surface area contributed by atoms with Crippen molar-refractivity contribution in [1.29, 1.82) is 0 Å². The fraction of sp³-hybridized carbons (Fsp3) is 0.867. The summed E-state index contributed by atoms with van der Waals surface area (Å²) in [7, 11) is 0. The van der Waals surface area contributed by atoms with Crippen molar-refractivity contribution < 1.29 is 5.11 Å². The van der Waals surface area contributed by atoms with E-state index in [1.54, 1.807) is 0 Å². The first-order valence-electron chi connectivity index (χ1n) is 7.16. The molecule has 1 N–H and O–H groups in total. The van der Waals surface area contributed by atoms with E-state index in [0.29, 0.717) is 5.92 Å². The van der Waals surface area contributed by atoms with Gasteiger partial charge in [-0.1, -0.05) is 38.7 Å². The third kappa shape index (κ3) is 2.88. The van der Waals surface area contributed by atoms with Crippen LogP contribution in [0, 0.1) is 11.8 Å². The first-order valence-corrected chi connectivity index (χ1v) is 7.16. The number of allylic oxidation sites excluding steroid dienone is 1. The standard InChI is InChI=1S/C15H26O/c1-12-8-7-11-14(12)15(16)13-9-5-3-2-4-6-10-13/h9,12,14-16H,2-8,10-11H2,1H3. The van der Waals surface area contributed by atoms with Gasteiger partial charge in [0.1, 0.15) is 0 Å². The van der Waals surface area contributed by atoms with E-state index in [-0.39, 0.29) is 6.10 Å². The van der Waals surface area contributed by atoms with Crippen LogP contribution in [0.15, 0.2) is 11.6 Å². The molecule has 3 unspecified atom stereocenters. The van der Waals surface area contributed by atoms with Gasteiger partial charge in [-0.05, 0) is 49.5 Å². The Morgan fingerprint density at radius 3 is 2.69 bits per heavy atom. The van der Waals surface area contributed by atoms with Crippen LogP contribution in [0.3, 0.4) is 0 Å². The Balaban J connectivity index is 1.98. The zero-order valence-corrected chi connectivity index (χ0v) is 10.6.